The molecule has 1 heterocycles. The highest BCUT2D eigenvalue weighted by molar-refractivity contribution is 7.90. The number of halogens is 1. The third kappa shape index (κ3) is 3.83. The number of carbonyl (C=O) groups is 1. The summed E-state index contributed by atoms with van der Waals surface area (Å²) in [7, 11) is -3.06. The molecule has 4 nitrogen and oxygen atoms in total. The first-order valence-corrected chi connectivity index (χ1v) is 8.58. The molecule has 6 heteroatoms. The molecule has 2 unspecified atom stereocenters. The van der Waals surface area contributed by atoms with Gasteiger partial charge in [-0.25, -0.2) is 8.42 Å². The smallest absolute Gasteiger partial charge is 0.182 e. The van der Waals surface area contributed by atoms with Crippen LogP contribution in [0.2, 0.25) is 0 Å². The molecule has 0 radical (unpaired) electrons. The quantitative estimate of drug-likeness (QED) is 0.620. The first kappa shape index (κ1) is 16.2. The monoisotopic (exact) mass is 305 g/mol. The Morgan fingerprint density at radius 1 is 1.37 bits per heavy atom. The van der Waals surface area contributed by atoms with Crippen molar-refractivity contribution in [3.05, 3.63) is 23.0 Å². The van der Waals surface area contributed by atoms with Gasteiger partial charge in [-0.1, -0.05) is 0 Å². The molecule has 0 saturated heterocycles. The second-order valence-corrected chi connectivity index (χ2v) is 7.92. The van der Waals surface area contributed by atoms with Crippen LogP contribution in [0.4, 0.5) is 0 Å². The third-order valence-corrected chi connectivity index (χ3v) is 4.38. The fourth-order valence-electron chi connectivity index (χ4n) is 2.43. The van der Waals surface area contributed by atoms with E-state index in [0.29, 0.717) is 5.56 Å². The second-order valence-electron chi connectivity index (χ2n) is 5.08. The van der Waals surface area contributed by atoms with Crippen LogP contribution in [-0.2, 0) is 9.84 Å². The van der Waals surface area contributed by atoms with Gasteiger partial charge in [0.2, 0.25) is 0 Å². The van der Waals surface area contributed by atoms with Crippen LogP contribution >= 0.6 is 11.6 Å². The Bertz CT molecular complexity index is 587. The second kappa shape index (κ2) is 5.67. The number of Topliss-reactive ketones (excluding diaryl/α,β-unsaturated/α-hetero) is 1. The lowest BCUT2D eigenvalue weighted by atomic mass is 10.1. The Kier molecular flexibility index (Phi) is 4.85. The molecule has 1 aromatic heterocycles. The molecule has 0 bridgehead atoms. The standard InChI is InChI=1S/C13H20ClNO3S/c1-8-6-12(13(16)10(3)14)11(4)15(8)9(2)7-19(5,17)18/h6,9-10H,7H2,1-5H3. The molecule has 0 N–H and O–H groups in total. The highest BCUT2D eigenvalue weighted by Gasteiger charge is 2.22. The normalized spacial score (nSPS) is 15.3. The van der Waals surface area contributed by atoms with Crippen molar-refractivity contribution < 1.29 is 13.2 Å². The molecule has 108 valence electrons. The topological polar surface area (TPSA) is 56.1 Å². The molecule has 0 aliphatic rings. The Labute approximate surface area is 119 Å². The maximum atomic E-state index is 12.0. The SMILES string of the molecule is Cc1cc(C(=O)C(C)Cl)c(C)n1C(C)CS(C)(=O)=O. The number of alkyl halides is 1. The minimum Gasteiger partial charge on any atom is -0.345 e. The summed E-state index contributed by atoms with van der Waals surface area (Å²) in [5, 5.41) is -0.584. The fourth-order valence-corrected chi connectivity index (χ4v) is 3.57. The molecule has 2 atom stereocenters. The average Bonchev–Trinajstić information content (AvgIpc) is 2.50. The van der Waals surface area contributed by atoms with Crippen LogP contribution in [0.1, 0.15) is 41.6 Å². The molecular formula is C13H20ClNO3S. The van der Waals surface area contributed by atoms with E-state index < -0.39 is 15.2 Å². The van der Waals surface area contributed by atoms with E-state index in [-0.39, 0.29) is 17.6 Å². The number of nitrogens with zero attached hydrogens (tertiary/aromatic N) is 1. The molecule has 0 aliphatic heterocycles. The van der Waals surface area contributed by atoms with Crippen molar-refractivity contribution in [3.63, 3.8) is 0 Å². The number of hydrogen-bond acceptors (Lipinski definition) is 3. The van der Waals surface area contributed by atoms with Crippen molar-refractivity contribution in [1.29, 1.82) is 0 Å². The predicted molar refractivity (Wildman–Crippen MR) is 78.0 cm³/mol. The van der Waals surface area contributed by atoms with Gasteiger partial charge in [-0.15, -0.1) is 11.6 Å². The highest BCUT2D eigenvalue weighted by Crippen LogP contribution is 2.23. The van der Waals surface area contributed by atoms with E-state index in [1.807, 2.05) is 25.3 Å². The number of hydrogen-bond donors (Lipinski definition) is 0. The van der Waals surface area contributed by atoms with E-state index in [2.05, 4.69) is 0 Å². The molecule has 0 aliphatic carbocycles. The van der Waals surface area contributed by atoms with Crippen LogP contribution in [0.5, 0.6) is 0 Å². The van der Waals surface area contributed by atoms with Crippen molar-refractivity contribution in [3.8, 4) is 0 Å². The van der Waals surface area contributed by atoms with E-state index in [1.165, 1.54) is 6.26 Å². The zero-order valence-corrected chi connectivity index (χ0v) is 13.5. The van der Waals surface area contributed by atoms with Crippen LogP contribution in [0, 0.1) is 13.8 Å². The summed E-state index contributed by atoms with van der Waals surface area (Å²) in [4.78, 5) is 12.0. The minimum atomic E-state index is -3.06. The Balaban J connectivity index is 3.21. The lowest BCUT2D eigenvalue weighted by Gasteiger charge is -2.17. The summed E-state index contributed by atoms with van der Waals surface area (Å²) in [5.41, 5.74) is 2.21. The zero-order chi connectivity index (χ0) is 15.0. The molecule has 0 saturated carbocycles. The summed E-state index contributed by atoms with van der Waals surface area (Å²) in [6.07, 6.45) is 1.21. The van der Waals surface area contributed by atoms with Gasteiger partial charge in [0.05, 0.1) is 11.1 Å². The van der Waals surface area contributed by atoms with Crippen LogP contribution < -0.4 is 0 Å². The van der Waals surface area contributed by atoms with Crippen LogP contribution in [0.3, 0.4) is 0 Å². The number of aromatic nitrogens is 1. The average molecular weight is 306 g/mol. The number of carbonyl (C=O) groups excluding carboxylic acids is 1. The number of ketones is 1. The maximum Gasteiger partial charge on any atom is 0.182 e. The first-order valence-electron chi connectivity index (χ1n) is 6.09. The minimum absolute atomic E-state index is 0.0490. The molecular weight excluding hydrogens is 286 g/mol. The van der Waals surface area contributed by atoms with Gasteiger partial charge in [-0.05, 0) is 33.8 Å². The largest absolute Gasteiger partial charge is 0.345 e. The highest BCUT2D eigenvalue weighted by atomic mass is 35.5. The Morgan fingerprint density at radius 3 is 2.32 bits per heavy atom. The molecule has 0 amide bonds. The van der Waals surface area contributed by atoms with Crippen molar-refractivity contribution in [2.75, 3.05) is 12.0 Å². The van der Waals surface area contributed by atoms with E-state index in [0.717, 1.165) is 11.4 Å². The first-order chi connectivity index (χ1) is 8.54. The van der Waals surface area contributed by atoms with Gasteiger partial charge in [-0.2, -0.15) is 0 Å². The van der Waals surface area contributed by atoms with Gasteiger partial charge >= 0.3 is 0 Å². The lowest BCUT2D eigenvalue weighted by Crippen LogP contribution is -2.19. The number of sulfone groups is 1. The molecule has 19 heavy (non-hydrogen) atoms. The van der Waals surface area contributed by atoms with E-state index in [9.17, 15) is 13.2 Å². The summed E-state index contributed by atoms with van der Waals surface area (Å²) in [6.45, 7) is 7.15. The van der Waals surface area contributed by atoms with E-state index in [4.69, 9.17) is 11.6 Å². The predicted octanol–water partition coefficient (Wildman–Crippen LogP) is 2.52. The molecule has 1 rings (SSSR count). The van der Waals surface area contributed by atoms with E-state index in [1.54, 1.807) is 13.0 Å². The Hall–Kier alpha value is -0.810. The van der Waals surface area contributed by atoms with Gasteiger partial charge in [0, 0.05) is 29.2 Å². The molecule has 0 fully saturated rings. The van der Waals surface area contributed by atoms with Crippen molar-refractivity contribution in [1.82, 2.24) is 4.57 Å². The van der Waals surface area contributed by atoms with Crippen molar-refractivity contribution in [2.45, 2.75) is 39.1 Å². The van der Waals surface area contributed by atoms with Gasteiger partial charge in [0.1, 0.15) is 9.84 Å². The van der Waals surface area contributed by atoms with Gasteiger partial charge in [0.15, 0.2) is 5.78 Å². The zero-order valence-electron chi connectivity index (χ0n) is 11.9. The third-order valence-electron chi connectivity index (χ3n) is 3.10. The fraction of sp³-hybridized carbons (Fsp3) is 0.615. The Morgan fingerprint density at radius 2 is 1.89 bits per heavy atom. The van der Waals surface area contributed by atoms with Gasteiger partial charge < -0.3 is 4.57 Å². The van der Waals surface area contributed by atoms with Gasteiger partial charge in [0.25, 0.3) is 0 Å². The summed E-state index contributed by atoms with van der Waals surface area (Å²) >= 11 is 5.83. The van der Waals surface area contributed by atoms with Crippen molar-refractivity contribution >= 4 is 27.2 Å². The molecule has 0 spiro atoms. The van der Waals surface area contributed by atoms with Crippen LogP contribution in [0.25, 0.3) is 0 Å². The van der Waals surface area contributed by atoms with Crippen LogP contribution in [-0.4, -0.2) is 36.2 Å². The van der Waals surface area contributed by atoms with E-state index >= 15 is 0 Å². The van der Waals surface area contributed by atoms with Crippen LogP contribution in [0.15, 0.2) is 6.07 Å². The molecule has 0 aromatic carbocycles. The van der Waals surface area contributed by atoms with Gasteiger partial charge in [-0.3, -0.25) is 4.79 Å². The number of rotatable bonds is 5. The maximum absolute atomic E-state index is 12.0. The number of aryl methyl sites for hydroxylation is 1. The lowest BCUT2D eigenvalue weighted by molar-refractivity contribution is 0.0991. The summed E-state index contributed by atoms with van der Waals surface area (Å²) in [6, 6.07) is 1.57. The summed E-state index contributed by atoms with van der Waals surface area (Å²) < 4.78 is 24.7. The summed E-state index contributed by atoms with van der Waals surface area (Å²) in [5.74, 6) is -0.0829. The van der Waals surface area contributed by atoms with Crippen molar-refractivity contribution in [2.24, 2.45) is 0 Å². The molecule has 1 aromatic rings.